The van der Waals surface area contributed by atoms with Crippen molar-refractivity contribution in [3.05, 3.63) is 36.5 Å². The third-order valence-corrected chi connectivity index (χ3v) is 14.3. The standard InChI is InChI=1S/C60H115N2O7P/c1-7-10-13-16-19-22-25-28-30-31-33-34-37-40-43-46-49-52-59(63)61-57(56-68-70(65,66)67-55-54-62(4,5)6)58(51-48-45-42-39-36-27-24-21-18-15-12-9-3)69-60(64)53-50-47-44-41-38-35-32-29-26-23-20-17-14-11-8-2/h23,26,28,30,48,51,57-58H,7-22,24-25,27,29,31-47,49-50,52-56H2,1-6H3,(H-,61,63,65,66)/p+1/b26-23-,30-28+,51-48+. The van der Waals surface area contributed by atoms with Gasteiger partial charge in [-0.05, 0) is 83.1 Å². The third kappa shape index (κ3) is 51.1. The molecule has 0 bridgehead atoms. The Morgan fingerprint density at radius 1 is 0.486 bits per heavy atom. The minimum atomic E-state index is -4.44. The largest absolute Gasteiger partial charge is 0.472 e. The van der Waals surface area contributed by atoms with E-state index in [4.69, 9.17) is 13.8 Å². The van der Waals surface area contributed by atoms with Crippen molar-refractivity contribution in [1.82, 2.24) is 5.32 Å². The lowest BCUT2D eigenvalue weighted by Crippen LogP contribution is -2.47. The molecule has 1 amide bonds. The molecule has 0 saturated heterocycles. The summed E-state index contributed by atoms with van der Waals surface area (Å²) in [6.07, 6.45) is 59.9. The summed E-state index contributed by atoms with van der Waals surface area (Å²) in [6, 6.07) is -0.848. The first kappa shape index (κ1) is 68.2. The van der Waals surface area contributed by atoms with Crippen molar-refractivity contribution in [2.75, 3.05) is 40.9 Å². The summed E-state index contributed by atoms with van der Waals surface area (Å²) in [6.45, 7) is 7.01. The molecule has 0 radical (unpaired) electrons. The van der Waals surface area contributed by atoms with Gasteiger partial charge in [0.1, 0.15) is 19.3 Å². The molecule has 0 spiro atoms. The molecule has 0 fully saturated rings. The number of allylic oxidation sites excluding steroid dienone is 5. The number of rotatable bonds is 54. The van der Waals surface area contributed by atoms with Gasteiger partial charge in [0, 0.05) is 12.8 Å². The predicted octanol–water partition coefficient (Wildman–Crippen LogP) is 17.9. The van der Waals surface area contributed by atoms with E-state index in [9.17, 15) is 19.0 Å². The smallest absolute Gasteiger partial charge is 0.456 e. The molecule has 10 heteroatoms. The van der Waals surface area contributed by atoms with Crippen molar-refractivity contribution < 1.29 is 37.3 Å². The summed E-state index contributed by atoms with van der Waals surface area (Å²) in [5.74, 6) is -0.507. The van der Waals surface area contributed by atoms with Gasteiger partial charge < -0.3 is 19.4 Å². The number of quaternary nitrogens is 1. The van der Waals surface area contributed by atoms with E-state index in [1.165, 1.54) is 186 Å². The van der Waals surface area contributed by atoms with Crippen molar-refractivity contribution in [2.45, 2.75) is 296 Å². The molecule has 0 aliphatic heterocycles. The normalized spacial score (nSPS) is 14.0. The summed E-state index contributed by atoms with van der Waals surface area (Å²) >= 11 is 0. The minimum absolute atomic E-state index is 0.0401. The van der Waals surface area contributed by atoms with E-state index >= 15 is 0 Å². The third-order valence-electron chi connectivity index (χ3n) is 13.3. The lowest BCUT2D eigenvalue weighted by molar-refractivity contribution is -0.870. The topological polar surface area (TPSA) is 111 Å². The fourth-order valence-corrected chi connectivity index (χ4v) is 9.37. The SMILES string of the molecule is CCCCCC/C=C\CCCCCCCCCC(=O)OC(/C=C/CCCCCCCCCCCC)C(COP(=O)(O)OCC[N+](C)(C)C)NC(=O)CCCCCCCCC/C=C/CCCCCCCC. The Morgan fingerprint density at radius 2 is 0.829 bits per heavy atom. The number of unbranched alkanes of at least 4 members (excludes halogenated alkanes) is 34. The highest BCUT2D eigenvalue weighted by Gasteiger charge is 2.30. The van der Waals surface area contributed by atoms with Gasteiger partial charge >= 0.3 is 13.8 Å². The van der Waals surface area contributed by atoms with Crippen LogP contribution >= 0.6 is 7.82 Å². The molecule has 0 aromatic rings. The average molecular weight is 1010 g/mol. The molecule has 9 nitrogen and oxygen atoms in total. The van der Waals surface area contributed by atoms with E-state index in [1.54, 1.807) is 0 Å². The molecule has 0 aromatic carbocycles. The zero-order chi connectivity index (χ0) is 51.5. The van der Waals surface area contributed by atoms with Gasteiger partial charge in [-0.2, -0.15) is 0 Å². The zero-order valence-electron chi connectivity index (χ0n) is 47.0. The van der Waals surface area contributed by atoms with Crippen LogP contribution in [0.25, 0.3) is 0 Å². The van der Waals surface area contributed by atoms with E-state index in [0.717, 1.165) is 64.2 Å². The number of nitrogens with one attached hydrogen (secondary N) is 1. The van der Waals surface area contributed by atoms with E-state index in [1.807, 2.05) is 33.3 Å². The van der Waals surface area contributed by atoms with Gasteiger partial charge in [0.05, 0.1) is 33.8 Å². The van der Waals surface area contributed by atoms with Gasteiger partial charge in [-0.25, -0.2) is 4.57 Å². The number of esters is 1. The van der Waals surface area contributed by atoms with Crippen LogP contribution in [0.5, 0.6) is 0 Å². The monoisotopic (exact) mass is 1010 g/mol. The van der Waals surface area contributed by atoms with Gasteiger partial charge in [0.15, 0.2) is 0 Å². The lowest BCUT2D eigenvalue weighted by Gasteiger charge is -2.27. The van der Waals surface area contributed by atoms with Crippen LogP contribution in [0.4, 0.5) is 0 Å². The highest BCUT2D eigenvalue weighted by atomic mass is 31.2. The maximum Gasteiger partial charge on any atom is 0.472 e. The van der Waals surface area contributed by atoms with Crippen molar-refractivity contribution in [3.8, 4) is 0 Å². The maximum atomic E-state index is 13.5. The Labute approximate surface area is 434 Å². The number of amides is 1. The number of phosphoric ester groups is 1. The maximum absolute atomic E-state index is 13.5. The van der Waals surface area contributed by atoms with Crippen molar-refractivity contribution in [1.29, 1.82) is 0 Å². The van der Waals surface area contributed by atoms with Crippen molar-refractivity contribution in [3.63, 3.8) is 0 Å². The molecule has 412 valence electrons. The van der Waals surface area contributed by atoms with E-state index in [-0.39, 0.29) is 31.5 Å². The van der Waals surface area contributed by atoms with Crippen LogP contribution in [0.1, 0.15) is 284 Å². The summed E-state index contributed by atoms with van der Waals surface area (Å²) < 4.78 is 30.6. The number of ether oxygens (including phenoxy) is 1. The van der Waals surface area contributed by atoms with Crippen LogP contribution in [0.3, 0.4) is 0 Å². The Hall–Kier alpha value is -1.77. The molecular weight excluding hydrogens is 892 g/mol. The lowest BCUT2D eigenvalue weighted by atomic mass is 10.0. The fraction of sp³-hybridized carbons (Fsp3) is 0.867. The molecule has 0 aliphatic carbocycles. The van der Waals surface area contributed by atoms with Crippen LogP contribution in [-0.4, -0.2) is 74.3 Å². The van der Waals surface area contributed by atoms with E-state index < -0.39 is 20.0 Å². The van der Waals surface area contributed by atoms with E-state index in [0.29, 0.717) is 17.4 Å². The Kier molecular flexibility index (Phi) is 49.5. The van der Waals surface area contributed by atoms with Gasteiger partial charge in [0.2, 0.25) is 5.91 Å². The van der Waals surface area contributed by atoms with Crippen LogP contribution in [0.2, 0.25) is 0 Å². The van der Waals surface area contributed by atoms with Crippen LogP contribution in [-0.2, 0) is 27.9 Å². The second-order valence-corrected chi connectivity index (χ2v) is 23.0. The van der Waals surface area contributed by atoms with Gasteiger partial charge in [-0.3, -0.25) is 18.6 Å². The quantitative estimate of drug-likeness (QED) is 0.0205. The highest BCUT2D eigenvalue weighted by molar-refractivity contribution is 7.47. The molecule has 0 rings (SSSR count). The fourth-order valence-electron chi connectivity index (χ4n) is 8.64. The first-order valence-corrected chi connectivity index (χ1v) is 31.3. The summed E-state index contributed by atoms with van der Waals surface area (Å²) in [7, 11) is 1.50. The van der Waals surface area contributed by atoms with Gasteiger partial charge in [-0.1, -0.05) is 225 Å². The molecule has 2 N–H and O–H groups in total. The molecule has 3 atom stereocenters. The van der Waals surface area contributed by atoms with Crippen LogP contribution in [0.15, 0.2) is 36.5 Å². The summed E-state index contributed by atoms with van der Waals surface area (Å²) in [4.78, 5) is 37.6. The average Bonchev–Trinajstić information content (AvgIpc) is 3.32. The first-order chi connectivity index (χ1) is 33.9. The number of likely N-dealkylation sites (N-methyl/N-ethyl adjacent to an activating group) is 1. The van der Waals surface area contributed by atoms with Gasteiger partial charge in [0.25, 0.3) is 0 Å². The van der Waals surface area contributed by atoms with Crippen LogP contribution in [0, 0.1) is 0 Å². The Bertz CT molecular complexity index is 1300. The summed E-state index contributed by atoms with van der Waals surface area (Å²) in [5, 5.41) is 3.05. The highest BCUT2D eigenvalue weighted by Crippen LogP contribution is 2.43. The molecule has 0 heterocycles. The Morgan fingerprint density at radius 3 is 1.23 bits per heavy atom. The second-order valence-electron chi connectivity index (χ2n) is 21.5. The number of hydrogen-bond donors (Lipinski definition) is 2. The molecular formula is C60H116N2O7P+. The first-order valence-electron chi connectivity index (χ1n) is 29.8. The number of hydrogen-bond acceptors (Lipinski definition) is 6. The molecule has 0 aromatic heterocycles. The second kappa shape index (κ2) is 50.7. The number of phosphoric acid groups is 1. The predicted molar refractivity (Wildman–Crippen MR) is 300 cm³/mol. The van der Waals surface area contributed by atoms with Crippen LogP contribution < -0.4 is 5.32 Å². The van der Waals surface area contributed by atoms with Gasteiger partial charge in [-0.15, -0.1) is 0 Å². The van der Waals surface area contributed by atoms with E-state index in [2.05, 4.69) is 50.4 Å². The number of nitrogens with zero attached hydrogens (tertiary/aromatic N) is 1. The molecule has 3 unspecified atom stereocenters. The zero-order valence-corrected chi connectivity index (χ0v) is 47.9. The molecule has 0 saturated carbocycles. The van der Waals surface area contributed by atoms with Crippen molar-refractivity contribution >= 4 is 19.7 Å². The molecule has 0 aliphatic rings. The van der Waals surface area contributed by atoms with Crippen molar-refractivity contribution in [2.24, 2.45) is 0 Å². The summed E-state index contributed by atoms with van der Waals surface area (Å²) in [5.41, 5.74) is 0. The number of carbonyl (C=O) groups excluding carboxylic acids is 2. The Balaban J connectivity index is 5.31. The number of carbonyl (C=O) groups is 2. The minimum Gasteiger partial charge on any atom is -0.456 e. The molecule has 70 heavy (non-hydrogen) atoms.